The third-order valence-electron chi connectivity index (χ3n) is 4.30. The van der Waals surface area contributed by atoms with Crippen molar-refractivity contribution in [2.75, 3.05) is 54.5 Å². The Morgan fingerprint density at radius 1 is 1.41 bits per heavy atom. The lowest BCUT2D eigenvalue weighted by molar-refractivity contribution is -0.133. The van der Waals surface area contributed by atoms with E-state index in [1.807, 2.05) is 11.8 Å². The minimum atomic E-state index is -0.748. The van der Waals surface area contributed by atoms with Crippen LogP contribution in [0.5, 0.6) is 0 Å². The molecule has 0 aliphatic carbocycles. The second-order valence-electron chi connectivity index (χ2n) is 6.22. The first-order chi connectivity index (χ1) is 13.0. The monoisotopic (exact) mass is 399 g/mol. The van der Waals surface area contributed by atoms with Crippen LogP contribution in [-0.2, 0) is 9.53 Å². The lowest BCUT2D eigenvalue weighted by Crippen LogP contribution is -2.43. The van der Waals surface area contributed by atoms with Crippen LogP contribution in [0, 0.1) is 5.82 Å². The van der Waals surface area contributed by atoms with Gasteiger partial charge in [0.15, 0.2) is 0 Å². The number of thioether (sulfide) groups is 1. The Morgan fingerprint density at radius 2 is 2.11 bits per heavy atom. The molecule has 0 saturated carbocycles. The van der Waals surface area contributed by atoms with E-state index in [0.717, 1.165) is 32.6 Å². The summed E-state index contributed by atoms with van der Waals surface area (Å²) in [4.78, 5) is 24.9. The standard InChI is InChI=1S/C15H20FN3O2.C3H6O2S/c1-2-12-10-19(15(20)21-12)11-3-4-14(13(16)9-11)18-7-5-17-6-8-18;1-6-2-3(4)5/h3-4,9,12,17H,2,5-8,10H2,1H3;2H2,1H3,(H,4,5)/t12-;/m0./s1. The van der Waals surface area contributed by atoms with Crippen LogP contribution in [-0.4, -0.2) is 68.0 Å². The SMILES string of the molecule is CC[C@H]1CN(c2ccc(N3CCNCC3)c(F)c2)C(=O)O1.CSCC(=O)O. The average molecular weight is 399 g/mol. The highest BCUT2D eigenvalue weighted by molar-refractivity contribution is 7.99. The summed E-state index contributed by atoms with van der Waals surface area (Å²) < 4.78 is 19.6. The van der Waals surface area contributed by atoms with Crippen LogP contribution >= 0.6 is 11.8 Å². The number of cyclic esters (lactones) is 1. The summed E-state index contributed by atoms with van der Waals surface area (Å²) in [6.07, 6.45) is 2.03. The van der Waals surface area contributed by atoms with Crippen molar-refractivity contribution in [2.45, 2.75) is 19.4 Å². The Balaban J connectivity index is 0.000000380. The average Bonchev–Trinajstić information content (AvgIpc) is 3.04. The van der Waals surface area contributed by atoms with Crippen molar-refractivity contribution >= 4 is 35.2 Å². The summed E-state index contributed by atoms with van der Waals surface area (Å²) >= 11 is 1.31. The molecule has 0 unspecified atom stereocenters. The van der Waals surface area contributed by atoms with Crippen LogP contribution in [0.3, 0.4) is 0 Å². The van der Waals surface area contributed by atoms with Crippen molar-refractivity contribution in [3.63, 3.8) is 0 Å². The molecule has 2 saturated heterocycles. The second-order valence-corrected chi connectivity index (χ2v) is 7.09. The van der Waals surface area contributed by atoms with Crippen molar-refractivity contribution in [1.29, 1.82) is 0 Å². The molecular formula is C18H26FN3O4S. The molecular weight excluding hydrogens is 373 g/mol. The molecule has 9 heteroatoms. The normalized spacial score (nSPS) is 19.4. The number of hydrogen-bond acceptors (Lipinski definition) is 6. The Morgan fingerprint density at radius 3 is 2.59 bits per heavy atom. The minimum absolute atomic E-state index is 0.103. The van der Waals surface area contributed by atoms with Crippen LogP contribution in [0.15, 0.2) is 18.2 Å². The molecule has 1 aromatic rings. The number of hydrogen-bond donors (Lipinski definition) is 2. The van der Waals surface area contributed by atoms with E-state index in [1.54, 1.807) is 18.4 Å². The van der Waals surface area contributed by atoms with E-state index in [0.29, 0.717) is 17.9 Å². The molecule has 1 atom stereocenters. The fraction of sp³-hybridized carbons (Fsp3) is 0.556. The van der Waals surface area contributed by atoms with Gasteiger partial charge in [0.2, 0.25) is 0 Å². The largest absolute Gasteiger partial charge is 0.481 e. The maximum atomic E-state index is 14.4. The van der Waals surface area contributed by atoms with Crippen LogP contribution in [0.25, 0.3) is 0 Å². The van der Waals surface area contributed by atoms with Crippen LogP contribution in [0.2, 0.25) is 0 Å². The summed E-state index contributed by atoms with van der Waals surface area (Å²) in [6.45, 7) is 5.76. The molecule has 0 bridgehead atoms. The van der Waals surface area contributed by atoms with Gasteiger partial charge in [0, 0.05) is 26.2 Å². The molecule has 7 nitrogen and oxygen atoms in total. The molecule has 2 aliphatic heterocycles. The maximum absolute atomic E-state index is 14.4. The van der Waals surface area contributed by atoms with Gasteiger partial charge in [-0.1, -0.05) is 6.92 Å². The molecule has 2 fully saturated rings. The number of carbonyl (C=O) groups is 2. The van der Waals surface area contributed by atoms with E-state index in [2.05, 4.69) is 5.32 Å². The van der Waals surface area contributed by atoms with E-state index in [1.165, 1.54) is 22.7 Å². The fourth-order valence-corrected chi connectivity index (χ4v) is 3.14. The zero-order chi connectivity index (χ0) is 19.8. The molecule has 2 heterocycles. The molecule has 0 aromatic heterocycles. The van der Waals surface area contributed by atoms with Gasteiger partial charge in [-0.25, -0.2) is 9.18 Å². The Hall–Kier alpha value is -2.00. The number of carboxylic acids is 1. The molecule has 27 heavy (non-hydrogen) atoms. The number of anilines is 2. The van der Waals surface area contributed by atoms with E-state index in [4.69, 9.17) is 9.84 Å². The number of carboxylic acid groups (broad SMARTS) is 1. The molecule has 150 valence electrons. The highest BCUT2D eigenvalue weighted by atomic mass is 32.2. The highest BCUT2D eigenvalue weighted by Crippen LogP contribution is 2.28. The molecule has 3 rings (SSSR count). The van der Waals surface area contributed by atoms with E-state index in [-0.39, 0.29) is 17.7 Å². The van der Waals surface area contributed by atoms with Gasteiger partial charge in [-0.15, -0.1) is 0 Å². The van der Waals surface area contributed by atoms with Gasteiger partial charge >= 0.3 is 12.1 Å². The van der Waals surface area contributed by atoms with Gasteiger partial charge < -0.3 is 20.1 Å². The number of carbonyl (C=O) groups excluding carboxylic acids is 1. The first-order valence-corrected chi connectivity index (χ1v) is 10.3. The van der Waals surface area contributed by atoms with Crippen LogP contribution < -0.4 is 15.1 Å². The number of nitrogens with one attached hydrogen (secondary N) is 1. The van der Waals surface area contributed by atoms with E-state index in [9.17, 15) is 14.0 Å². The fourth-order valence-electron chi connectivity index (χ4n) is 2.89. The van der Waals surface area contributed by atoms with Gasteiger partial charge in [0.05, 0.1) is 23.7 Å². The quantitative estimate of drug-likeness (QED) is 0.787. The highest BCUT2D eigenvalue weighted by Gasteiger charge is 2.31. The maximum Gasteiger partial charge on any atom is 0.414 e. The lowest BCUT2D eigenvalue weighted by Gasteiger charge is -2.30. The minimum Gasteiger partial charge on any atom is -0.481 e. The predicted octanol–water partition coefficient (Wildman–Crippen LogP) is 2.40. The van der Waals surface area contributed by atoms with Crippen LogP contribution in [0.4, 0.5) is 20.6 Å². The lowest BCUT2D eigenvalue weighted by atomic mass is 10.2. The number of nitrogens with zero attached hydrogens (tertiary/aromatic N) is 2. The molecule has 0 radical (unpaired) electrons. The molecule has 1 aromatic carbocycles. The molecule has 1 amide bonds. The third kappa shape index (κ3) is 6.00. The summed E-state index contributed by atoms with van der Waals surface area (Å²) in [5, 5.41) is 11.1. The smallest absolute Gasteiger partial charge is 0.414 e. The van der Waals surface area contributed by atoms with Gasteiger partial charge in [0.25, 0.3) is 0 Å². The summed E-state index contributed by atoms with van der Waals surface area (Å²) in [5.74, 6) is -0.829. The van der Waals surface area contributed by atoms with Crippen molar-refractivity contribution in [3.05, 3.63) is 24.0 Å². The Labute approximate surface area is 162 Å². The zero-order valence-electron chi connectivity index (χ0n) is 15.6. The third-order valence-corrected chi connectivity index (χ3v) is 4.83. The van der Waals surface area contributed by atoms with Crippen LogP contribution in [0.1, 0.15) is 13.3 Å². The van der Waals surface area contributed by atoms with Gasteiger partial charge in [-0.2, -0.15) is 11.8 Å². The number of amides is 1. The van der Waals surface area contributed by atoms with Gasteiger partial charge in [0.1, 0.15) is 11.9 Å². The van der Waals surface area contributed by atoms with E-state index < -0.39 is 12.1 Å². The van der Waals surface area contributed by atoms with Gasteiger partial charge in [-0.3, -0.25) is 9.69 Å². The number of aliphatic carboxylic acids is 1. The molecule has 0 spiro atoms. The van der Waals surface area contributed by atoms with Crippen molar-refractivity contribution < 1.29 is 23.8 Å². The van der Waals surface area contributed by atoms with Crippen molar-refractivity contribution in [3.8, 4) is 0 Å². The summed E-state index contributed by atoms with van der Waals surface area (Å²) in [7, 11) is 0. The first-order valence-electron chi connectivity index (χ1n) is 8.90. The number of piperazine rings is 1. The predicted molar refractivity (Wildman–Crippen MR) is 105 cm³/mol. The summed E-state index contributed by atoms with van der Waals surface area (Å²) in [6, 6.07) is 4.97. The van der Waals surface area contributed by atoms with E-state index >= 15 is 0 Å². The zero-order valence-corrected chi connectivity index (χ0v) is 16.4. The number of rotatable bonds is 5. The Kier molecular flexibility index (Phi) is 8.18. The number of ether oxygens (including phenoxy) is 1. The second kappa shape index (κ2) is 10.4. The van der Waals surface area contributed by atoms with Crippen molar-refractivity contribution in [1.82, 2.24) is 5.32 Å². The van der Waals surface area contributed by atoms with Crippen molar-refractivity contribution in [2.24, 2.45) is 0 Å². The number of benzene rings is 1. The number of halogens is 1. The molecule has 2 aliphatic rings. The Bertz CT molecular complexity index is 655. The van der Waals surface area contributed by atoms with Gasteiger partial charge in [-0.05, 0) is 30.9 Å². The summed E-state index contributed by atoms with van der Waals surface area (Å²) in [5.41, 5.74) is 1.16. The topological polar surface area (TPSA) is 82.1 Å². The molecule has 2 N–H and O–H groups in total. The first kappa shape index (κ1) is 21.3.